The van der Waals surface area contributed by atoms with E-state index in [0.717, 1.165) is 34.0 Å². The molecule has 0 spiro atoms. The van der Waals surface area contributed by atoms with Crippen molar-refractivity contribution >= 4 is 40.5 Å². The molecule has 5 aromatic rings. The van der Waals surface area contributed by atoms with E-state index in [1.807, 2.05) is 91.0 Å². The van der Waals surface area contributed by atoms with E-state index in [2.05, 4.69) is 41.1 Å². The van der Waals surface area contributed by atoms with Gasteiger partial charge >= 0.3 is 0 Å². The van der Waals surface area contributed by atoms with Gasteiger partial charge in [0.2, 0.25) is 5.95 Å². The molecule has 0 atom stereocenters. The molecule has 0 amide bonds. The second kappa shape index (κ2) is 10.4. The highest BCUT2D eigenvalue weighted by atomic mass is 32.1. The van der Waals surface area contributed by atoms with Crippen LogP contribution < -0.4 is 16.0 Å². The van der Waals surface area contributed by atoms with E-state index in [1.165, 1.54) is 0 Å². The zero-order valence-corrected chi connectivity index (χ0v) is 19.3. The minimum absolute atomic E-state index is 0.379. The van der Waals surface area contributed by atoms with Crippen LogP contribution in [-0.4, -0.2) is 30.3 Å². The number of nitrogens with zero attached hydrogens (tertiary/aromatic N) is 5. The van der Waals surface area contributed by atoms with Gasteiger partial charge in [-0.1, -0.05) is 48.5 Å². The molecule has 3 heterocycles. The van der Waals surface area contributed by atoms with Gasteiger partial charge < -0.3 is 16.0 Å². The average Bonchev–Trinajstić information content (AvgIpc) is 2.91. The standard InChI is InChI=1S/C26H20N8S/c35-26(32-24-14-13-19(33-34-24)18-8-2-1-3-9-18)31-22-12-5-4-11-21(22)29-25-28-17-15-23(30-25)20-10-6-7-16-27-20/h1-17H,(H,28,29,30)(H2,31,32,34,35). The molecule has 2 aromatic carbocycles. The molecule has 0 aliphatic rings. The third-order valence-electron chi connectivity index (χ3n) is 4.98. The molecule has 0 radical (unpaired) electrons. The van der Waals surface area contributed by atoms with Gasteiger partial charge in [-0.2, -0.15) is 0 Å². The van der Waals surface area contributed by atoms with Crippen molar-refractivity contribution < 1.29 is 0 Å². The lowest BCUT2D eigenvalue weighted by Gasteiger charge is -2.14. The van der Waals surface area contributed by atoms with Gasteiger partial charge in [-0.15, -0.1) is 10.2 Å². The second-order valence-electron chi connectivity index (χ2n) is 7.40. The normalized spacial score (nSPS) is 10.4. The predicted octanol–water partition coefficient (Wildman–Crippen LogP) is 5.55. The van der Waals surface area contributed by atoms with Crippen LogP contribution in [0.4, 0.5) is 23.1 Å². The van der Waals surface area contributed by atoms with E-state index in [4.69, 9.17) is 12.2 Å². The van der Waals surface area contributed by atoms with Crippen LogP contribution in [0.2, 0.25) is 0 Å². The first-order chi connectivity index (χ1) is 17.2. The fraction of sp³-hybridized carbons (Fsp3) is 0. The molecule has 3 aromatic heterocycles. The van der Waals surface area contributed by atoms with Crippen molar-refractivity contribution in [2.45, 2.75) is 0 Å². The summed E-state index contributed by atoms with van der Waals surface area (Å²) in [5, 5.41) is 18.4. The van der Waals surface area contributed by atoms with Gasteiger partial charge in [0.25, 0.3) is 0 Å². The van der Waals surface area contributed by atoms with Gasteiger partial charge in [-0.25, -0.2) is 9.97 Å². The number of pyridine rings is 1. The van der Waals surface area contributed by atoms with Crippen LogP contribution in [0.1, 0.15) is 0 Å². The molecular formula is C26H20N8S. The highest BCUT2D eigenvalue weighted by Gasteiger charge is 2.09. The first-order valence-electron chi connectivity index (χ1n) is 10.8. The maximum atomic E-state index is 5.50. The number of aromatic nitrogens is 5. The van der Waals surface area contributed by atoms with Crippen LogP contribution >= 0.6 is 12.2 Å². The van der Waals surface area contributed by atoms with E-state index in [-0.39, 0.29) is 0 Å². The molecule has 0 aliphatic heterocycles. The van der Waals surface area contributed by atoms with Crippen molar-refractivity contribution in [2.24, 2.45) is 0 Å². The Balaban J connectivity index is 1.27. The van der Waals surface area contributed by atoms with Gasteiger partial charge in [0.1, 0.15) is 0 Å². The Kier molecular flexibility index (Phi) is 6.58. The van der Waals surface area contributed by atoms with E-state index in [1.54, 1.807) is 12.4 Å². The van der Waals surface area contributed by atoms with Crippen molar-refractivity contribution in [1.82, 2.24) is 25.1 Å². The number of hydrogen-bond donors (Lipinski definition) is 3. The lowest BCUT2D eigenvalue weighted by molar-refractivity contribution is 1.05. The van der Waals surface area contributed by atoms with Gasteiger partial charge in [0, 0.05) is 18.0 Å². The Morgan fingerprint density at radius 3 is 2.17 bits per heavy atom. The van der Waals surface area contributed by atoms with Crippen molar-refractivity contribution in [3.63, 3.8) is 0 Å². The Hall–Kier alpha value is -4.76. The minimum atomic E-state index is 0.379. The van der Waals surface area contributed by atoms with E-state index < -0.39 is 0 Å². The first kappa shape index (κ1) is 22.1. The molecule has 0 aliphatic carbocycles. The summed E-state index contributed by atoms with van der Waals surface area (Å²) in [6.45, 7) is 0. The zero-order chi connectivity index (χ0) is 23.9. The number of nitrogens with one attached hydrogen (secondary N) is 3. The molecule has 8 nitrogen and oxygen atoms in total. The summed E-state index contributed by atoms with van der Waals surface area (Å²) < 4.78 is 0. The first-order valence-corrected chi connectivity index (χ1v) is 11.2. The van der Waals surface area contributed by atoms with Gasteiger partial charge in [0.15, 0.2) is 10.9 Å². The number of anilines is 4. The van der Waals surface area contributed by atoms with E-state index >= 15 is 0 Å². The molecule has 0 unspecified atom stereocenters. The van der Waals surface area contributed by atoms with E-state index in [9.17, 15) is 0 Å². The average molecular weight is 477 g/mol. The molecule has 170 valence electrons. The van der Waals surface area contributed by atoms with Crippen LogP contribution in [0, 0.1) is 0 Å². The summed E-state index contributed by atoms with van der Waals surface area (Å²) in [4.78, 5) is 13.3. The molecule has 9 heteroatoms. The topological polar surface area (TPSA) is 101 Å². The van der Waals surface area contributed by atoms with E-state index in [0.29, 0.717) is 16.9 Å². The summed E-state index contributed by atoms with van der Waals surface area (Å²) in [6.07, 6.45) is 3.43. The Morgan fingerprint density at radius 2 is 1.40 bits per heavy atom. The number of thiocarbonyl (C=S) groups is 1. The largest absolute Gasteiger partial charge is 0.331 e. The van der Waals surface area contributed by atoms with Crippen molar-refractivity contribution in [2.75, 3.05) is 16.0 Å². The molecule has 5 rings (SSSR count). The summed E-state index contributed by atoms with van der Waals surface area (Å²) >= 11 is 5.50. The van der Waals surface area contributed by atoms with Gasteiger partial charge in [-0.05, 0) is 54.7 Å². The SMILES string of the molecule is S=C(Nc1ccc(-c2ccccc2)nn1)Nc1ccccc1Nc1nccc(-c2ccccn2)n1. The smallest absolute Gasteiger partial charge is 0.227 e. The Morgan fingerprint density at radius 1 is 0.600 bits per heavy atom. The molecule has 35 heavy (non-hydrogen) atoms. The van der Waals surface area contributed by atoms with Crippen LogP contribution in [0.3, 0.4) is 0 Å². The number of para-hydroxylation sites is 2. The Labute approximate surface area is 207 Å². The predicted molar refractivity (Wildman–Crippen MR) is 142 cm³/mol. The second-order valence-corrected chi connectivity index (χ2v) is 7.81. The fourth-order valence-corrected chi connectivity index (χ4v) is 3.54. The lowest BCUT2D eigenvalue weighted by atomic mass is 10.1. The molecule has 3 N–H and O–H groups in total. The third-order valence-corrected chi connectivity index (χ3v) is 5.18. The van der Waals surface area contributed by atoms with Crippen molar-refractivity contribution in [1.29, 1.82) is 0 Å². The Bertz CT molecular complexity index is 1430. The molecule has 0 saturated carbocycles. The molecule has 0 saturated heterocycles. The zero-order valence-electron chi connectivity index (χ0n) is 18.5. The third kappa shape index (κ3) is 5.60. The van der Waals surface area contributed by atoms with Crippen LogP contribution in [0.15, 0.2) is 103 Å². The molecule has 0 bridgehead atoms. The summed E-state index contributed by atoms with van der Waals surface area (Å²) in [6, 6.07) is 28.8. The summed E-state index contributed by atoms with van der Waals surface area (Å²) in [5.41, 5.74) is 4.81. The van der Waals surface area contributed by atoms with Crippen LogP contribution in [0.5, 0.6) is 0 Å². The number of rotatable bonds is 6. The summed E-state index contributed by atoms with van der Waals surface area (Å²) in [5.74, 6) is 0.989. The minimum Gasteiger partial charge on any atom is -0.331 e. The van der Waals surface area contributed by atoms with Crippen molar-refractivity contribution in [3.05, 3.63) is 103 Å². The molecular weight excluding hydrogens is 456 g/mol. The quantitative estimate of drug-likeness (QED) is 0.272. The monoisotopic (exact) mass is 476 g/mol. The highest BCUT2D eigenvalue weighted by molar-refractivity contribution is 7.80. The number of hydrogen-bond acceptors (Lipinski definition) is 7. The highest BCUT2D eigenvalue weighted by Crippen LogP contribution is 2.25. The maximum absolute atomic E-state index is 5.50. The lowest BCUT2D eigenvalue weighted by Crippen LogP contribution is -2.20. The summed E-state index contributed by atoms with van der Waals surface area (Å²) in [7, 11) is 0. The fourth-order valence-electron chi connectivity index (χ4n) is 3.33. The van der Waals surface area contributed by atoms with Gasteiger partial charge in [0.05, 0.1) is 28.5 Å². The number of benzene rings is 2. The van der Waals surface area contributed by atoms with Crippen molar-refractivity contribution in [3.8, 4) is 22.6 Å². The molecule has 0 fully saturated rings. The van der Waals surface area contributed by atoms with Crippen LogP contribution in [0.25, 0.3) is 22.6 Å². The maximum Gasteiger partial charge on any atom is 0.227 e. The van der Waals surface area contributed by atoms with Gasteiger partial charge in [-0.3, -0.25) is 4.98 Å². The van der Waals surface area contributed by atoms with Crippen LogP contribution in [-0.2, 0) is 0 Å².